The van der Waals surface area contributed by atoms with E-state index in [9.17, 15) is 4.79 Å². The van der Waals surface area contributed by atoms with Crippen molar-refractivity contribution in [2.45, 2.75) is 6.42 Å². The summed E-state index contributed by atoms with van der Waals surface area (Å²) >= 11 is 7.28. The fourth-order valence-corrected chi connectivity index (χ4v) is 2.96. The van der Waals surface area contributed by atoms with Crippen LogP contribution in [-0.4, -0.2) is 20.7 Å². The molecule has 0 amide bonds. The maximum atomic E-state index is 12.3. The van der Waals surface area contributed by atoms with Crippen molar-refractivity contribution >= 4 is 28.7 Å². The third-order valence-electron chi connectivity index (χ3n) is 2.86. The zero-order valence-corrected chi connectivity index (χ0v) is 12.4. The number of halogens is 1. The third kappa shape index (κ3) is 3.32. The number of nitrogens with zero attached hydrogens (tertiary/aromatic N) is 3. The van der Waals surface area contributed by atoms with Gasteiger partial charge in [0.15, 0.2) is 0 Å². The van der Waals surface area contributed by atoms with E-state index in [-0.39, 0.29) is 5.78 Å². The number of aromatic nitrogens is 3. The largest absolute Gasteiger partial charge is 0.288 e. The van der Waals surface area contributed by atoms with Crippen molar-refractivity contribution in [3.8, 4) is 0 Å². The van der Waals surface area contributed by atoms with Gasteiger partial charge in [-0.05, 0) is 29.1 Å². The van der Waals surface area contributed by atoms with Crippen molar-refractivity contribution in [2.24, 2.45) is 0 Å². The molecule has 0 spiro atoms. The first-order chi connectivity index (χ1) is 10.2. The summed E-state index contributed by atoms with van der Waals surface area (Å²) in [4.78, 5) is 24.9. The van der Waals surface area contributed by atoms with Crippen molar-refractivity contribution in [1.82, 2.24) is 15.0 Å². The van der Waals surface area contributed by atoms with Gasteiger partial charge in [-0.2, -0.15) is 0 Å². The van der Waals surface area contributed by atoms with Crippen molar-refractivity contribution < 1.29 is 4.79 Å². The average Bonchev–Trinajstić information content (AvgIpc) is 2.96. The SMILES string of the molecule is O=C(c1cncnc1)c1cc(Cc2cccc(Cl)n2)cs1. The lowest BCUT2D eigenvalue weighted by Crippen LogP contribution is -1.99. The molecule has 0 unspecified atom stereocenters. The van der Waals surface area contributed by atoms with Gasteiger partial charge < -0.3 is 0 Å². The van der Waals surface area contributed by atoms with Crippen LogP contribution in [0.4, 0.5) is 0 Å². The Hall–Kier alpha value is -2.11. The van der Waals surface area contributed by atoms with Crippen LogP contribution < -0.4 is 0 Å². The second-order valence-electron chi connectivity index (χ2n) is 4.40. The second-order valence-corrected chi connectivity index (χ2v) is 5.70. The van der Waals surface area contributed by atoms with Crippen LogP contribution in [0.15, 0.2) is 48.4 Å². The standard InChI is InChI=1S/C15H10ClN3OS/c16-14-3-1-2-12(19-14)4-10-5-13(21-8-10)15(20)11-6-17-9-18-7-11/h1-3,5-9H,4H2. The van der Waals surface area contributed by atoms with E-state index in [0.717, 1.165) is 11.3 Å². The normalized spacial score (nSPS) is 10.5. The molecule has 0 N–H and O–H groups in total. The van der Waals surface area contributed by atoms with Crippen LogP contribution >= 0.6 is 22.9 Å². The number of carbonyl (C=O) groups excluding carboxylic acids is 1. The van der Waals surface area contributed by atoms with E-state index in [1.165, 1.54) is 30.1 Å². The van der Waals surface area contributed by atoms with E-state index in [4.69, 9.17) is 11.6 Å². The predicted octanol–water partition coefficient (Wildman–Crippen LogP) is 3.41. The molecule has 3 rings (SSSR count). The minimum absolute atomic E-state index is 0.0640. The van der Waals surface area contributed by atoms with Gasteiger partial charge in [0, 0.05) is 24.5 Å². The average molecular weight is 316 g/mol. The molecule has 0 radical (unpaired) electrons. The molecule has 0 atom stereocenters. The van der Waals surface area contributed by atoms with Gasteiger partial charge in [0.25, 0.3) is 0 Å². The summed E-state index contributed by atoms with van der Waals surface area (Å²) in [5.74, 6) is -0.0640. The van der Waals surface area contributed by atoms with Gasteiger partial charge in [0.1, 0.15) is 11.5 Å². The summed E-state index contributed by atoms with van der Waals surface area (Å²) < 4.78 is 0. The minimum Gasteiger partial charge on any atom is -0.288 e. The van der Waals surface area contributed by atoms with Crippen molar-refractivity contribution in [3.63, 3.8) is 0 Å². The minimum atomic E-state index is -0.0640. The monoisotopic (exact) mass is 315 g/mol. The fourth-order valence-electron chi connectivity index (χ4n) is 1.90. The van der Waals surface area contributed by atoms with Crippen molar-refractivity contribution in [1.29, 1.82) is 0 Å². The number of thiophene rings is 1. The van der Waals surface area contributed by atoms with Crippen molar-refractivity contribution in [3.05, 3.63) is 75.2 Å². The molecule has 3 heterocycles. The van der Waals surface area contributed by atoms with Gasteiger partial charge in [-0.25, -0.2) is 15.0 Å². The summed E-state index contributed by atoms with van der Waals surface area (Å²) in [7, 11) is 0. The van der Waals surface area contributed by atoms with Gasteiger partial charge in [0.2, 0.25) is 5.78 Å². The van der Waals surface area contributed by atoms with Crippen LogP contribution in [0, 0.1) is 0 Å². The molecular weight excluding hydrogens is 306 g/mol. The fraction of sp³-hybridized carbons (Fsp3) is 0.0667. The van der Waals surface area contributed by atoms with Gasteiger partial charge in [-0.1, -0.05) is 17.7 Å². The number of ketones is 1. The smallest absolute Gasteiger partial charge is 0.206 e. The Morgan fingerprint density at radius 1 is 1.24 bits per heavy atom. The Balaban J connectivity index is 1.79. The van der Waals surface area contributed by atoms with E-state index in [1.807, 2.05) is 23.6 Å². The second kappa shape index (κ2) is 6.11. The molecule has 6 heteroatoms. The number of hydrogen-bond acceptors (Lipinski definition) is 5. The van der Waals surface area contributed by atoms with E-state index >= 15 is 0 Å². The molecule has 3 aromatic heterocycles. The van der Waals surface area contributed by atoms with Crippen LogP contribution in [0.5, 0.6) is 0 Å². The van der Waals surface area contributed by atoms with E-state index in [0.29, 0.717) is 22.0 Å². The molecule has 4 nitrogen and oxygen atoms in total. The highest BCUT2D eigenvalue weighted by atomic mass is 35.5. The Bertz CT molecular complexity index is 773. The lowest BCUT2D eigenvalue weighted by Gasteiger charge is -1.98. The lowest BCUT2D eigenvalue weighted by atomic mass is 10.1. The topological polar surface area (TPSA) is 55.7 Å². The van der Waals surface area contributed by atoms with E-state index < -0.39 is 0 Å². The quantitative estimate of drug-likeness (QED) is 0.547. The van der Waals surface area contributed by atoms with Crippen LogP contribution in [0.25, 0.3) is 0 Å². The molecule has 0 fully saturated rings. The first-order valence-electron chi connectivity index (χ1n) is 6.21. The van der Waals surface area contributed by atoms with E-state index in [1.54, 1.807) is 6.07 Å². The molecule has 0 bridgehead atoms. The molecule has 0 aromatic carbocycles. The lowest BCUT2D eigenvalue weighted by molar-refractivity contribution is 0.104. The van der Waals surface area contributed by atoms with Crippen LogP contribution in [0.2, 0.25) is 5.15 Å². The number of rotatable bonds is 4. The Morgan fingerprint density at radius 3 is 2.81 bits per heavy atom. The summed E-state index contributed by atoms with van der Waals surface area (Å²) in [5.41, 5.74) is 2.41. The first kappa shape index (κ1) is 13.9. The van der Waals surface area contributed by atoms with Gasteiger partial charge in [-0.15, -0.1) is 11.3 Å². The van der Waals surface area contributed by atoms with Crippen molar-refractivity contribution in [2.75, 3.05) is 0 Å². The molecular formula is C15H10ClN3OS. The maximum absolute atomic E-state index is 12.3. The first-order valence-corrected chi connectivity index (χ1v) is 7.47. The summed E-state index contributed by atoms with van der Waals surface area (Å²) in [6.45, 7) is 0. The molecule has 21 heavy (non-hydrogen) atoms. The van der Waals surface area contributed by atoms with Crippen LogP contribution in [-0.2, 0) is 6.42 Å². The molecule has 104 valence electrons. The predicted molar refractivity (Wildman–Crippen MR) is 81.8 cm³/mol. The highest BCUT2D eigenvalue weighted by molar-refractivity contribution is 7.12. The molecule has 0 saturated heterocycles. The number of carbonyl (C=O) groups is 1. The van der Waals surface area contributed by atoms with Crippen LogP contribution in [0.3, 0.4) is 0 Å². The molecule has 3 aromatic rings. The zero-order chi connectivity index (χ0) is 14.7. The molecule has 0 saturated carbocycles. The summed E-state index contributed by atoms with van der Waals surface area (Å²) in [5, 5.41) is 2.43. The number of hydrogen-bond donors (Lipinski definition) is 0. The molecule has 0 aliphatic rings. The highest BCUT2D eigenvalue weighted by Crippen LogP contribution is 2.20. The Morgan fingerprint density at radius 2 is 2.05 bits per heavy atom. The molecule has 0 aliphatic carbocycles. The van der Waals surface area contributed by atoms with Gasteiger partial charge in [-0.3, -0.25) is 4.79 Å². The Labute approximate surface area is 130 Å². The van der Waals surface area contributed by atoms with Gasteiger partial charge >= 0.3 is 0 Å². The van der Waals surface area contributed by atoms with E-state index in [2.05, 4.69) is 15.0 Å². The zero-order valence-electron chi connectivity index (χ0n) is 10.9. The van der Waals surface area contributed by atoms with Crippen LogP contribution in [0.1, 0.15) is 26.5 Å². The highest BCUT2D eigenvalue weighted by Gasteiger charge is 2.12. The maximum Gasteiger partial charge on any atom is 0.206 e. The summed E-state index contributed by atoms with van der Waals surface area (Å²) in [6.07, 6.45) is 5.09. The third-order valence-corrected chi connectivity index (χ3v) is 4.05. The molecule has 0 aliphatic heterocycles. The summed E-state index contributed by atoms with van der Waals surface area (Å²) in [6, 6.07) is 7.39. The number of pyridine rings is 1. The van der Waals surface area contributed by atoms with Gasteiger partial charge in [0.05, 0.1) is 10.4 Å². The Kier molecular flexibility index (Phi) is 4.03.